The van der Waals surface area contributed by atoms with Crippen molar-refractivity contribution >= 4 is 0 Å². The molecule has 0 N–H and O–H groups in total. The SMILES string of the molecule is CCc1cc(CC)c(=O)n(CC)c1. The lowest BCUT2D eigenvalue weighted by Crippen LogP contribution is -2.22. The zero-order valence-corrected chi connectivity index (χ0v) is 8.63. The molecule has 1 aromatic heterocycles. The van der Waals surface area contributed by atoms with E-state index in [0.717, 1.165) is 24.9 Å². The topological polar surface area (TPSA) is 22.0 Å². The van der Waals surface area contributed by atoms with Crippen LogP contribution in [-0.4, -0.2) is 4.57 Å². The summed E-state index contributed by atoms with van der Waals surface area (Å²) in [5.74, 6) is 0. The molecule has 0 amide bonds. The van der Waals surface area contributed by atoms with Gasteiger partial charge < -0.3 is 4.57 Å². The normalized spacial score (nSPS) is 10.4. The molecule has 0 aliphatic rings. The molecule has 1 rings (SSSR count). The Balaban J connectivity index is 3.29. The lowest BCUT2D eigenvalue weighted by molar-refractivity contribution is 0.707. The lowest BCUT2D eigenvalue weighted by Gasteiger charge is -2.07. The van der Waals surface area contributed by atoms with Crippen LogP contribution in [0.4, 0.5) is 0 Å². The zero-order valence-electron chi connectivity index (χ0n) is 8.63. The van der Waals surface area contributed by atoms with E-state index < -0.39 is 0 Å². The number of pyridine rings is 1. The minimum Gasteiger partial charge on any atom is -0.315 e. The highest BCUT2D eigenvalue weighted by Crippen LogP contribution is 2.02. The van der Waals surface area contributed by atoms with Crippen LogP contribution >= 0.6 is 0 Å². The molecule has 0 saturated heterocycles. The zero-order chi connectivity index (χ0) is 9.84. The highest BCUT2D eigenvalue weighted by Gasteiger charge is 2.02. The van der Waals surface area contributed by atoms with Crippen molar-refractivity contribution in [3.8, 4) is 0 Å². The number of aromatic nitrogens is 1. The summed E-state index contributed by atoms with van der Waals surface area (Å²) in [5.41, 5.74) is 2.35. The fraction of sp³-hybridized carbons (Fsp3) is 0.545. The Kier molecular flexibility index (Phi) is 3.29. The monoisotopic (exact) mass is 179 g/mol. The van der Waals surface area contributed by atoms with Crippen LogP contribution in [0.15, 0.2) is 17.1 Å². The average molecular weight is 179 g/mol. The summed E-state index contributed by atoms with van der Waals surface area (Å²) in [6.07, 6.45) is 3.78. The summed E-state index contributed by atoms with van der Waals surface area (Å²) in [6.45, 7) is 6.90. The molecule has 13 heavy (non-hydrogen) atoms. The predicted molar refractivity (Wildman–Crippen MR) is 55.1 cm³/mol. The number of hydrogen-bond donors (Lipinski definition) is 0. The van der Waals surface area contributed by atoms with Gasteiger partial charge in [-0.1, -0.05) is 13.8 Å². The van der Waals surface area contributed by atoms with Gasteiger partial charge in [-0.2, -0.15) is 0 Å². The minimum atomic E-state index is 0.169. The molecule has 0 saturated carbocycles. The molecule has 0 aliphatic carbocycles. The Hall–Kier alpha value is -1.05. The first-order valence-corrected chi connectivity index (χ1v) is 4.95. The van der Waals surface area contributed by atoms with Gasteiger partial charge in [0.15, 0.2) is 0 Å². The fourth-order valence-electron chi connectivity index (χ4n) is 1.45. The molecule has 0 aliphatic heterocycles. The first-order chi connectivity index (χ1) is 6.22. The van der Waals surface area contributed by atoms with Crippen molar-refractivity contribution in [1.29, 1.82) is 0 Å². The summed E-state index contributed by atoms with van der Waals surface area (Å²) in [7, 11) is 0. The molecule has 0 unspecified atom stereocenters. The standard InChI is InChI=1S/C11H17NO/c1-4-9-7-10(5-2)11(13)12(6-3)8-9/h7-8H,4-6H2,1-3H3. The number of nitrogens with zero attached hydrogens (tertiary/aromatic N) is 1. The molecule has 1 heterocycles. The van der Waals surface area contributed by atoms with Crippen LogP contribution in [-0.2, 0) is 19.4 Å². The third kappa shape index (κ3) is 2.00. The summed E-state index contributed by atoms with van der Waals surface area (Å²) >= 11 is 0. The number of hydrogen-bond acceptors (Lipinski definition) is 1. The molecule has 0 aromatic carbocycles. The van der Waals surface area contributed by atoms with Crippen molar-refractivity contribution in [3.05, 3.63) is 33.7 Å². The first kappa shape index (κ1) is 10.0. The van der Waals surface area contributed by atoms with Crippen LogP contribution in [0.5, 0.6) is 0 Å². The van der Waals surface area contributed by atoms with Crippen molar-refractivity contribution in [2.24, 2.45) is 0 Å². The molecule has 0 fully saturated rings. The summed E-state index contributed by atoms with van der Waals surface area (Å²) in [6, 6.07) is 2.02. The van der Waals surface area contributed by atoms with Crippen LogP contribution in [0.3, 0.4) is 0 Å². The maximum atomic E-state index is 11.7. The Labute approximate surface area is 79.2 Å². The second kappa shape index (κ2) is 4.26. The van der Waals surface area contributed by atoms with E-state index in [4.69, 9.17) is 0 Å². The molecule has 72 valence electrons. The van der Waals surface area contributed by atoms with Crippen LogP contribution in [0.1, 0.15) is 31.9 Å². The summed E-state index contributed by atoms with van der Waals surface area (Å²) in [4.78, 5) is 11.7. The van der Waals surface area contributed by atoms with Gasteiger partial charge in [-0.15, -0.1) is 0 Å². The fourth-order valence-corrected chi connectivity index (χ4v) is 1.45. The van der Waals surface area contributed by atoms with Gasteiger partial charge in [0.25, 0.3) is 5.56 Å². The first-order valence-electron chi connectivity index (χ1n) is 4.95. The molecule has 0 radical (unpaired) electrons. The maximum Gasteiger partial charge on any atom is 0.253 e. The lowest BCUT2D eigenvalue weighted by atomic mass is 10.1. The van der Waals surface area contributed by atoms with Crippen molar-refractivity contribution in [2.45, 2.75) is 40.2 Å². The van der Waals surface area contributed by atoms with Crippen LogP contribution in [0, 0.1) is 0 Å². The van der Waals surface area contributed by atoms with Gasteiger partial charge in [-0.25, -0.2) is 0 Å². The van der Waals surface area contributed by atoms with E-state index in [1.807, 2.05) is 26.1 Å². The van der Waals surface area contributed by atoms with E-state index in [1.54, 1.807) is 4.57 Å². The Bertz CT molecular complexity index is 310. The summed E-state index contributed by atoms with van der Waals surface area (Å²) in [5, 5.41) is 0. The van der Waals surface area contributed by atoms with Gasteiger partial charge in [0.2, 0.25) is 0 Å². The van der Waals surface area contributed by atoms with Crippen molar-refractivity contribution < 1.29 is 0 Å². The van der Waals surface area contributed by atoms with Gasteiger partial charge in [0, 0.05) is 18.3 Å². The smallest absolute Gasteiger partial charge is 0.253 e. The molecule has 0 atom stereocenters. The highest BCUT2D eigenvalue weighted by molar-refractivity contribution is 5.19. The molecule has 2 nitrogen and oxygen atoms in total. The molecular weight excluding hydrogens is 162 g/mol. The van der Waals surface area contributed by atoms with E-state index in [1.165, 1.54) is 5.56 Å². The Morgan fingerprint density at radius 2 is 1.92 bits per heavy atom. The molecule has 1 aromatic rings. The van der Waals surface area contributed by atoms with E-state index in [-0.39, 0.29) is 5.56 Å². The number of aryl methyl sites for hydroxylation is 3. The van der Waals surface area contributed by atoms with Crippen LogP contribution in [0.25, 0.3) is 0 Å². The largest absolute Gasteiger partial charge is 0.315 e. The second-order valence-corrected chi connectivity index (χ2v) is 3.17. The quantitative estimate of drug-likeness (QED) is 0.695. The average Bonchev–Trinajstić information content (AvgIpc) is 2.18. The van der Waals surface area contributed by atoms with Gasteiger partial charge in [-0.3, -0.25) is 4.79 Å². The van der Waals surface area contributed by atoms with E-state index in [0.29, 0.717) is 0 Å². The Morgan fingerprint density at radius 3 is 2.38 bits per heavy atom. The molecule has 0 bridgehead atoms. The van der Waals surface area contributed by atoms with E-state index in [9.17, 15) is 4.79 Å². The number of rotatable bonds is 3. The Morgan fingerprint density at radius 1 is 1.23 bits per heavy atom. The van der Waals surface area contributed by atoms with Crippen molar-refractivity contribution in [1.82, 2.24) is 4.57 Å². The van der Waals surface area contributed by atoms with Crippen LogP contribution in [0.2, 0.25) is 0 Å². The van der Waals surface area contributed by atoms with Crippen LogP contribution < -0.4 is 5.56 Å². The van der Waals surface area contributed by atoms with Gasteiger partial charge >= 0.3 is 0 Å². The third-order valence-corrected chi connectivity index (χ3v) is 2.35. The molecule has 0 spiro atoms. The third-order valence-electron chi connectivity index (χ3n) is 2.35. The second-order valence-electron chi connectivity index (χ2n) is 3.17. The highest BCUT2D eigenvalue weighted by atomic mass is 16.1. The summed E-state index contributed by atoms with van der Waals surface area (Å²) < 4.78 is 1.79. The van der Waals surface area contributed by atoms with Crippen molar-refractivity contribution in [2.75, 3.05) is 0 Å². The minimum absolute atomic E-state index is 0.169. The molecular formula is C11H17NO. The molecule has 2 heteroatoms. The van der Waals surface area contributed by atoms with Gasteiger partial charge in [-0.05, 0) is 31.4 Å². The van der Waals surface area contributed by atoms with Gasteiger partial charge in [0.05, 0.1) is 0 Å². The van der Waals surface area contributed by atoms with E-state index >= 15 is 0 Å². The van der Waals surface area contributed by atoms with Crippen molar-refractivity contribution in [3.63, 3.8) is 0 Å². The predicted octanol–water partition coefficient (Wildman–Crippen LogP) is 1.99. The van der Waals surface area contributed by atoms with E-state index in [2.05, 4.69) is 6.92 Å². The maximum absolute atomic E-state index is 11.7. The van der Waals surface area contributed by atoms with Gasteiger partial charge in [0.1, 0.15) is 0 Å².